The second-order valence-electron chi connectivity index (χ2n) is 13.7. The summed E-state index contributed by atoms with van der Waals surface area (Å²) in [5, 5.41) is 5.86. The van der Waals surface area contributed by atoms with Crippen LogP contribution in [-0.4, -0.2) is 33.1 Å². The number of ketones is 1. The van der Waals surface area contributed by atoms with E-state index in [0.717, 1.165) is 40.4 Å². The highest BCUT2D eigenvalue weighted by Gasteiger charge is 2.59. The minimum absolute atomic E-state index is 0.0562. The average molecular weight is 592 g/mol. The fourth-order valence-corrected chi connectivity index (χ4v) is 8.86. The first kappa shape index (κ1) is 28.7. The van der Waals surface area contributed by atoms with Crippen LogP contribution < -0.4 is 14.8 Å². The van der Waals surface area contributed by atoms with Crippen molar-refractivity contribution in [1.82, 2.24) is 0 Å². The summed E-state index contributed by atoms with van der Waals surface area (Å²) in [7, 11) is 4.61. The molecule has 0 amide bonds. The van der Waals surface area contributed by atoms with Crippen LogP contribution in [0.3, 0.4) is 0 Å². The molecule has 1 N–H and O–H groups in total. The molecule has 2 saturated carbocycles. The van der Waals surface area contributed by atoms with Gasteiger partial charge in [0.1, 0.15) is 5.92 Å². The van der Waals surface area contributed by atoms with Crippen molar-refractivity contribution in [3.63, 3.8) is 0 Å². The number of esters is 1. The maximum absolute atomic E-state index is 14.4. The molecular formula is C38H41NO5. The van der Waals surface area contributed by atoms with Crippen LogP contribution in [-0.2, 0) is 14.3 Å². The summed E-state index contributed by atoms with van der Waals surface area (Å²) in [5.41, 5.74) is 5.97. The summed E-state index contributed by atoms with van der Waals surface area (Å²) in [4.78, 5) is 28.2. The van der Waals surface area contributed by atoms with Crippen molar-refractivity contribution in [3.05, 3.63) is 88.6 Å². The molecule has 7 rings (SSSR count). The van der Waals surface area contributed by atoms with Gasteiger partial charge in [0.2, 0.25) is 0 Å². The summed E-state index contributed by atoms with van der Waals surface area (Å²) in [6, 6.07) is 18.2. The molecule has 0 radical (unpaired) electrons. The number of rotatable bonds is 5. The minimum Gasteiger partial charge on any atom is -0.493 e. The van der Waals surface area contributed by atoms with Gasteiger partial charge in [0.25, 0.3) is 0 Å². The molecule has 0 aromatic heterocycles. The molecule has 0 unspecified atom stereocenters. The molecule has 2 fully saturated rings. The Hall–Kier alpha value is -4.06. The topological polar surface area (TPSA) is 73.9 Å². The first-order valence-electron chi connectivity index (χ1n) is 15.7. The maximum atomic E-state index is 14.4. The molecule has 3 aromatic rings. The predicted octanol–water partition coefficient (Wildman–Crippen LogP) is 7.94. The molecule has 3 aliphatic carbocycles. The molecule has 5 atom stereocenters. The first-order chi connectivity index (χ1) is 21.1. The summed E-state index contributed by atoms with van der Waals surface area (Å²) in [5.74, 6) is 0.126. The van der Waals surface area contributed by atoms with Gasteiger partial charge in [-0.3, -0.25) is 9.59 Å². The Morgan fingerprint density at radius 3 is 2.41 bits per heavy atom. The highest BCUT2D eigenvalue weighted by molar-refractivity contribution is 6.07. The maximum Gasteiger partial charge on any atom is 0.315 e. The molecular weight excluding hydrogens is 550 g/mol. The largest absolute Gasteiger partial charge is 0.493 e. The predicted molar refractivity (Wildman–Crippen MR) is 172 cm³/mol. The van der Waals surface area contributed by atoms with Crippen LogP contribution in [0.25, 0.3) is 10.8 Å². The van der Waals surface area contributed by atoms with E-state index in [1.807, 2.05) is 30.3 Å². The van der Waals surface area contributed by atoms with Gasteiger partial charge in [-0.2, -0.15) is 0 Å². The number of benzene rings is 3. The van der Waals surface area contributed by atoms with E-state index in [0.29, 0.717) is 28.7 Å². The number of anilines is 1. The van der Waals surface area contributed by atoms with Gasteiger partial charge in [-0.05, 0) is 64.7 Å². The SMILES string of the molecule is COC(=O)[C@H]1C2=C(C(=O)C[C@@H]1c1ccc(OC)c(OC)c1)[C@H](C=C1C[C@@H]3CC[C@@]1(C)C3(C)C)c1ccc3ccccc3c1N2. The molecule has 4 aliphatic rings. The zero-order valence-electron chi connectivity index (χ0n) is 26.5. The van der Waals surface area contributed by atoms with Gasteiger partial charge in [-0.1, -0.05) is 74.9 Å². The van der Waals surface area contributed by atoms with E-state index < -0.39 is 11.8 Å². The van der Waals surface area contributed by atoms with Gasteiger partial charge in [-0.25, -0.2) is 0 Å². The molecule has 1 heterocycles. The highest BCUT2D eigenvalue weighted by atomic mass is 16.5. The van der Waals surface area contributed by atoms with Crippen LogP contribution in [0, 0.1) is 22.7 Å². The zero-order valence-corrected chi connectivity index (χ0v) is 26.5. The number of carbonyl (C=O) groups excluding carboxylic acids is 2. The number of carbonyl (C=O) groups is 2. The van der Waals surface area contributed by atoms with E-state index in [4.69, 9.17) is 14.2 Å². The number of fused-ring (bicyclic) bond motifs is 5. The Bertz CT molecular complexity index is 1770. The van der Waals surface area contributed by atoms with Crippen LogP contribution >= 0.6 is 0 Å². The smallest absolute Gasteiger partial charge is 0.315 e. The fourth-order valence-electron chi connectivity index (χ4n) is 8.86. The van der Waals surface area contributed by atoms with Crippen molar-refractivity contribution in [2.75, 3.05) is 26.6 Å². The number of hydrogen-bond donors (Lipinski definition) is 1. The van der Waals surface area contributed by atoms with Crippen molar-refractivity contribution in [2.24, 2.45) is 22.7 Å². The second kappa shape index (κ2) is 10.3. The third-order valence-corrected chi connectivity index (χ3v) is 11.8. The zero-order chi connectivity index (χ0) is 31.0. The summed E-state index contributed by atoms with van der Waals surface area (Å²) < 4.78 is 16.5. The Morgan fingerprint density at radius 1 is 0.955 bits per heavy atom. The normalized spacial score (nSPS) is 29.3. The van der Waals surface area contributed by atoms with Crippen molar-refractivity contribution in [3.8, 4) is 11.5 Å². The number of nitrogens with one attached hydrogen (secondary N) is 1. The molecule has 1 aliphatic heterocycles. The van der Waals surface area contributed by atoms with E-state index in [9.17, 15) is 9.59 Å². The Labute approximate surface area is 259 Å². The standard InChI is InChI=1S/C38H41NO5/c1-37(2)23-15-16-38(37,3)24(18-23)19-28-26-13-11-21-9-7-8-10-25(21)34(26)39-35-32(28)29(40)20-27(33(35)36(41)44-6)22-12-14-30(42-4)31(17-22)43-5/h7-14,17,19,23,27-28,33,39H,15-16,18,20H2,1-6H3/t23-,27+,28+,33+,38+/m0/s1. The van der Waals surface area contributed by atoms with E-state index in [-0.39, 0.29) is 34.9 Å². The molecule has 6 heteroatoms. The van der Waals surface area contributed by atoms with Gasteiger partial charge in [0.15, 0.2) is 17.3 Å². The van der Waals surface area contributed by atoms with Gasteiger partial charge in [0.05, 0.1) is 27.0 Å². The van der Waals surface area contributed by atoms with Crippen molar-refractivity contribution < 1.29 is 23.8 Å². The van der Waals surface area contributed by atoms with E-state index in [2.05, 4.69) is 56.4 Å². The molecule has 0 saturated heterocycles. The number of allylic oxidation sites excluding steroid dienone is 3. The van der Waals surface area contributed by atoms with Crippen LogP contribution in [0.4, 0.5) is 5.69 Å². The third-order valence-electron chi connectivity index (χ3n) is 11.8. The fraction of sp³-hybridized carbons (Fsp3) is 0.421. The van der Waals surface area contributed by atoms with E-state index in [1.54, 1.807) is 14.2 Å². The molecule has 44 heavy (non-hydrogen) atoms. The summed E-state index contributed by atoms with van der Waals surface area (Å²) >= 11 is 0. The molecule has 6 nitrogen and oxygen atoms in total. The molecule has 228 valence electrons. The lowest BCUT2D eigenvalue weighted by Gasteiger charge is -2.41. The Balaban J connectivity index is 1.44. The highest BCUT2D eigenvalue weighted by Crippen LogP contribution is 2.68. The van der Waals surface area contributed by atoms with Crippen molar-refractivity contribution >= 4 is 28.2 Å². The molecule has 2 bridgehead atoms. The van der Waals surface area contributed by atoms with Gasteiger partial charge < -0.3 is 19.5 Å². The lowest BCUT2D eigenvalue weighted by Crippen LogP contribution is -2.39. The number of ether oxygens (including phenoxy) is 3. The lowest BCUT2D eigenvalue weighted by atomic mass is 9.66. The third kappa shape index (κ3) is 3.99. The van der Waals surface area contributed by atoms with E-state index in [1.165, 1.54) is 19.1 Å². The average Bonchev–Trinajstić information content (AvgIpc) is 3.37. The van der Waals surface area contributed by atoms with Crippen LogP contribution in [0.1, 0.15) is 69.4 Å². The lowest BCUT2D eigenvalue weighted by molar-refractivity contribution is -0.145. The monoisotopic (exact) mass is 591 g/mol. The summed E-state index contributed by atoms with van der Waals surface area (Å²) in [6.07, 6.45) is 6.07. The number of Topliss-reactive ketones (excluding diaryl/α,β-unsaturated/α-hetero) is 1. The number of methoxy groups -OCH3 is 3. The first-order valence-corrected chi connectivity index (χ1v) is 15.7. The van der Waals surface area contributed by atoms with Gasteiger partial charge in [-0.15, -0.1) is 0 Å². The van der Waals surface area contributed by atoms with Crippen molar-refractivity contribution in [1.29, 1.82) is 0 Å². The van der Waals surface area contributed by atoms with Crippen LogP contribution in [0.2, 0.25) is 0 Å². The summed E-state index contributed by atoms with van der Waals surface area (Å²) in [6.45, 7) is 7.23. The van der Waals surface area contributed by atoms with Crippen LogP contribution in [0.15, 0.2) is 77.5 Å². The second-order valence-corrected chi connectivity index (χ2v) is 13.7. The Kier molecular flexibility index (Phi) is 6.69. The minimum atomic E-state index is -0.689. The van der Waals surface area contributed by atoms with Crippen molar-refractivity contribution in [2.45, 2.75) is 58.3 Å². The van der Waals surface area contributed by atoms with Gasteiger partial charge in [0, 0.05) is 34.9 Å². The Morgan fingerprint density at radius 2 is 1.73 bits per heavy atom. The molecule has 3 aromatic carbocycles. The molecule has 0 spiro atoms. The number of hydrogen-bond acceptors (Lipinski definition) is 6. The van der Waals surface area contributed by atoms with E-state index >= 15 is 0 Å². The van der Waals surface area contributed by atoms with Gasteiger partial charge >= 0.3 is 5.97 Å². The quantitative estimate of drug-likeness (QED) is 0.240. The van der Waals surface area contributed by atoms with Crippen LogP contribution in [0.5, 0.6) is 11.5 Å².